The summed E-state index contributed by atoms with van der Waals surface area (Å²) in [4.78, 5) is 10.1. The SMILES string of the molecule is O=[N+]([O-])N1C[CH]CCC1. The van der Waals surface area contributed by atoms with Crippen molar-refractivity contribution in [2.45, 2.75) is 12.8 Å². The monoisotopic (exact) mass is 129 g/mol. The highest BCUT2D eigenvalue weighted by atomic mass is 16.7. The third-order valence-corrected chi connectivity index (χ3v) is 1.40. The molecule has 0 bridgehead atoms. The molecule has 0 amide bonds. The fourth-order valence-electron chi connectivity index (χ4n) is 0.898. The summed E-state index contributed by atoms with van der Waals surface area (Å²) in [6.45, 7) is 1.11. The van der Waals surface area contributed by atoms with Gasteiger partial charge in [-0.3, -0.25) is 0 Å². The second-order valence-corrected chi connectivity index (χ2v) is 2.08. The molecule has 0 aromatic rings. The standard InChI is InChI=1S/C5H9N2O2/c8-7(9)6-4-2-1-3-5-6/h2H,1,3-5H2. The fourth-order valence-corrected chi connectivity index (χ4v) is 0.898. The van der Waals surface area contributed by atoms with Gasteiger partial charge < -0.3 is 0 Å². The van der Waals surface area contributed by atoms with Crippen molar-refractivity contribution in [1.29, 1.82) is 0 Å². The van der Waals surface area contributed by atoms with E-state index in [1.54, 1.807) is 0 Å². The Morgan fingerprint density at radius 3 is 2.78 bits per heavy atom. The lowest BCUT2D eigenvalue weighted by molar-refractivity contribution is -0.655. The van der Waals surface area contributed by atoms with Gasteiger partial charge in [0.2, 0.25) is 0 Å². The third kappa shape index (κ3) is 1.55. The highest BCUT2D eigenvalue weighted by Gasteiger charge is 2.16. The van der Waals surface area contributed by atoms with Crippen molar-refractivity contribution < 1.29 is 5.03 Å². The lowest BCUT2D eigenvalue weighted by Crippen LogP contribution is -2.34. The van der Waals surface area contributed by atoms with Crippen LogP contribution in [0.5, 0.6) is 0 Å². The molecule has 4 heteroatoms. The van der Waals surface area contributed by atoms with Crippen LogP contribution in [-0.2, 0) is 0 Å². The molecule has 0 aliphatic carbocycles. The molecular formula is C5H9N2O2. The van der Waals surface area contributed by atoms with Gasteiger partial charge in [0.1, 0.15) is 0 Å². The van der Waals surface area contributed by atoms with Crippen LogP contribution in [0.1, 0.15) is 12.8 Å². The van der Waals surface area contributed by atoms with Crippen LogP contribution in [0.25, 0.3) is 0 Å². The van der Waals surface area contributed by atoms with Crippen LogP contribution in [0.4, 0.5) is 0 Å². The van der Waals surface area contributed by atoms with Gasteiger partial charge in [0.25, 0.3) is 0 Å². The smallest absolute Gasteiger partial charge is 0.160 e. The van der Waals surface area contributed by atoms with Crippen LogP contribution in [0, 0.1) is 16.5 Å². The molecule has 1 saturated heterocycles. The van der Waals surface area contributed by atoms with E-state index in [1.165, 1.54) is 5.01 Å². The van der Waals surface area contributed by atoms with Crippen molar-refractivity contribution in [3.05, 3.63) is 16.5 Å². The number of hydrazine groups is 1. The van der Waals surface area contributed by atoms with E-state index in [0.29, 0.717) is 13.1 Å². The van der Waals surface area contributed by atoms with Crippen LogP contribution in [0.3, 0.4) is 0 Å². The molecule has 0 aromatic carbocycles. The van der Waals surface area contributed by atoms with Crippen LogP contribution in [0.15, 0.2) is 0 Å². The summed E-state index contributed by atoms with van der Waals surface area (Å²) in [5.41, 5.74) is 0. The first-order valence-electron chi connectivity index (χ1n) is 3.01. The van der Waals surface area contributed by atoms with E-state index < -0.39 is 0 Å². The first-order chi connectivity index (χ1) is 4.30. The molecule has 0 saturated carbocycles. The maximum atomic E-state index is 10.1. The maximum Gasteiger partial charge on any atom is 0.160 e. The highest BCUT2D eigenvalue weighted by molar-refractivity contribution is 4.72. The molecule has 0 spiro atoms. The quantitative estimate of drug-likeness (QED) is 0.382. The number of hydrogen-bond donors (Lipinski definition) is 0. The van der Waals surface area contributed by atoms with Crippen molar-refractivity contribution in [2.75, 3.05) is 13.1 Å². The van der Waals surface area contributed by atoms with E-state index in [0.717, 1.165) is 12.8 Å². The van der Waals surface area contributed by atoms with E-state index >= 15 is 0 Å². The van der Waals surface area contributed by atoms with E-state index in [2.05, 4.69) is 0 Å². The zero-order chi connectivity index (χ0) is 6.69. The summed E-state index contributed by atoms with van der Waals surface area (Å²) in [6.07, 6.45) is 3.87. The maximum absolute atomic E-state index is 10.1. The zero-order valence-electron chi connectivity index (χ0n) is 5.12. The Balaban J connectivity index is 2.31. The molecule has 1 heterocycles. The molecule has 9 heavy (non-hydrogen) atoms. The molecule has 0 atom stereocenters. The largest absolute Gasteiger partial charge is 0.235 e. The predicted molar refractivity (Wildman–Crippen MR) is 32.1 cm³/mol. The Morgan fingerprint density at radius 1 is 1.67 bits per heavy atom. The molecule has 0 aromatic heterocycles. The van der Waals surface area contributed by atoms with Gasteiger partial charge >= 0.3 is 0 Å². The molecule has 1 aliphatic heterocycles. The summed E-state index contributed by atoms with van der Waals surface area (Å²) in [6, 6.07) is 0. The average Bonchev–Trinajstić information content (AvgIpc) is 1.90. The summed E-state index contributed by atoms with van der Waals surface area (Å²) < 4.78 is 0. The van der Waals surface area contributed by atoms with Crippen molar-refractivity contribution in [2.24, 2.45) is 0 Å². The van der Waals surface area contributed by atoms with Gasteiger partial charge in [0.05, 0.1) is 13.1 Å². The van der Waals surface area contributed by atoms with E-state index in [1.807, 2.05) is 6.42 Å². The van der Waals surface area contributed by atoms with Crippen molar-refractivity contribution >= 4 is 0 Å². The molecule has 1 fully saturated rings. The summed E-state index contributed by atoms with van der Waals surface area (Å²) in [5.74, 6) is 0. The van der Waals surface area contributed by atoms with Gasteiger partial charge in [-0.1, -0.05) is 0 Å². The van der Waals surface area contributed by atoms with E-state index in [4.69, 9.17) is 0 Å². The minimum atomic E-state index is -0.338. The summed E-state index contributed by atoms with van der Waals surface area (Å²) in [7, 11) is 0. The Labute approximate surface area is 53.6 Å². The average molecular weight is 129 g/mol. The minimum absolute atomic E-state index is 0.338. The Bertz CT molecular complexity index is 110. The molecular weight excluding hydrogens is 120 g/mol. The lowest BCUT2D eigenvalue weighted by atomic mass is 10.2. The molecule has 0 N–H and O–H groups in total. The van der Waals surface area contributed by atoms with E-state index in [9.17, 15) is 10.1 Å². The van der Waals surface area contributed by atoms with Gasteiger partial charge in [-0.2, -0.15) is 0 Å². The number of piperidine rings is 1. The first kappa shape index (κ1) is 6.32. The summed E-state index contributed by atoms with van der Waals surface area (Å²) >= 11 is 0. The third-order valence-electron chi connectivity index (χ3n) is 1.40. The van der Waals surface area contributed by atoms with Gasteiger partial charge in [0, 0.05) is 0 Å². The normalized spacial score (nSPS) is 19.8. The second-order valence-electron chi connectivity index (χ2n) is 2.08. The van der Waals surface area contributed by atoms with Gasteiger partial charge in [-0.05, 0) is 19.3 Å². The summed E-state index contributed by atoms with van der Waals surface area (Å²) in [5, 5.41) is 11.0. The molecule has 4 nitrogen and oxygen atoms in total. The molecule has 1 aliphatic rings. The van der Waals surface area contributed by atoms with Crippen molar-refractivity contribution in [3.8, 4) is 0 Å². The van der Waals surface area contributed by atoms with Gasteiger partial charge in [-0.25, -0.2) is 10.1 Å². The number of nitrogens with zero attached hydrogens (tertiary/aromatic N) is 2. The van der Waals surface area contributed by atoms with Gasteiger partial charge in [0.15, 0.2) is 5.03 Å². The number of hydrogen-bond acceptors (Lipinski definition) is 2. The Hall–Kier alpha value is -0.800. The van der Waals surface area contributed by atoms with Gasteiger partial charge in [-0.15, -0.1) is 5.01 Å². The van der Waals surface area contributed by atoms with Crippen molar-refractivity contribution in [1.82, 2.24) is 5.01 Å². The Kier molecular flexibility index (Phi) is 1.87. The molecule has 1 rings (SSSR count). The van der Waals surface area contributed by atoms with Crippen LogP contribution in [-0.4, -0.2) is 23.1 Å². The first-order valence-corrected chi connectivity index (χ1v) is 3.01. The van der Waals surface area contributed by atoms with Crippen LogP contribution in [0.2, 0.25) is 0 Å². The van der Waals surface area contributed by atoms with Crippen LogP contribution >= 0.6 is 0 Å². The molecule has 1 radical (unpaired) electrons. The zero-order valence-corrected chi connectivity index (χ0v) is 5.12. The Morgan fingerprint density at radius 2 is 2.44 bits per heavy atom. The fraction of sp³-hybridized carbons (Fsp3) is 0.800. The van der Waals surface area contributed by atoms with Crippen molar-refractivity contribution in [3.63, 3.8) is 0 Å². The predicted octanol–water partition coefficient (Wildman–Crippen LogP) is 0.478. The minimum Gasteiger partial charge on any atom is -0.235 e. The highest BCUT2D eigenvalue weighted by Crippen LogP contribution is 2.06. The van der Waals surface area contributed by atoms with E-state index in [-0.39, 0.29) is 5.03 Å². The lowest BCUT2D eigenvalue weighted by Gasteiger charge is -2.17. The number of rotatable bonds is 1. The van der Waals surface area contributed by atoms with Crippen LogP contribution < -0.4 is 0 Å². The molecule has 51 valence electrons. The topological polar surface area (TPSA) is 46.4 Å². The molecule has 0 unspecified atom stereocenters. The number of nitro groups is 1. The second kappa shape index (κ2) is 2.66.